The number of nitrogens with one attached hydrogen (secondary N) is 1. The summed E-state index contributed by atoms with van der Waals surface area (Å²) in [5, 5.41) is 12.0. The number of hydrogen-bond donors (Lipinski definition) is 2. The lowest BCUT2D eigenvalue weighted by Gasteiger charge is -2.20. The lowest BCUT2D eigenvalue weighted by molar-refractivity contribution is 0.379. The van der Waals surface area contributed by atoms with Crippen LogP contribution in [0.25, 0.3) is 10.9 Å². The fourth-order valence-electron chi connectivity index (χ4n) is 5.64. The minimum Gasteiger partial charge on any atom is -0.507 e. The van der Waals surface area contributed by atoms with Crippen LogP contribution in [0.1, 0.15) is 60.5 Å². The Morgan fingerprint density at radius 3 is 2.45 bits per heavy atom. The smallest absolute Gasteiger partial charge is 0.343 e. The summed E-state index contributed by atoms with van der Waals surface area (Å²) in [5.74, 6) is 0.0427. The predicted octanol–water partition coefficient (Wildman–Crippen LogP) is 6.97. The average Bonchev–Trinajstić information content (AvgIpc) is 3.83. The zero-order valence-electron chi connectivity index (χ0n) is 23.2. The summed E-state index contributed by atoms with van der Waals surface area (Å²) < 4.78 is 35.0. The van der Waals surface area contributed by atoms with Gasteiger partial charge >= 0.3 is 5.63 Å². The summed E-state index contributed by atoms with van der Waals surface area (Å²) >= 11 is 0. The van der Waals surface area contributed by atoms with Gasteiger partial charge in [-0.2, -0.15) is 8.42 Å². The third kappa shape index (κ3) is 5.81. The van der Waals surface area contributed by atoms with Gasteiger partial charge in [-0.25, -0.2) is 9.78 Å². The highest BCUT2D eigenvalue weighted by atomic mass is 32.2. The van der Waals surface area contributed by atoms with Crippen molar-refractivity contribution >= 4 is 26.6 Å². The first kappa shape index (κ1) is 27.7. The van der Waals surface area contributed by atoms with Crippen molar-refractivity contribution in [3.8, 4) is 5.75 Å². The quantitative estimate of drug-likeness (QED) is 0.185. The number of benzene rings is 3. The highest BCUT2D eigenvalue weighted by Gasteiger charge is 2.38. The number of fused-ring (bicyclic) bond motifs is 1. The third-order valence-corrected chi connectivity index (χ3v) is 9.24. The Bertz CT molecular complexity index is 1900. The lowest BCUT2D eigenvalue weighted by Crippen LogP contribution is -2.18. The molecular weight excluding hydrogens is 548 g/mol. The van der Waals surface area contributed by atoms with E-state index >= 15 is 0 Å². The van der Waals surface area contributed by atoms with Crippen molar-refractivity contribution in [2.45, 2.75) is 49.5 Å². The van der Waals surface area contributed by atoms with E-state index in [2.05, 4.69) is 9.71 Å². The highest BCUT2D eigenvalue weighted by Crippen LogP contribution is 2.48. The standard InChI is InChI=1S/C34H32N2O5S/c1-2-23(19-22-9-4-3-5-10-22)30-21-29(37)33(34(38)41-30)32(25-15-16-25)26-12-8-13-27(20-26)36-42(39,40)31-18-17-24-11-6-7-14-28(24)35-31/h3-14,17-18,20-21,23,25,32,36-37H,2,15-16,19H2,1H3. The molecule has 8 heteroatoms. The summed E-state index contributed by atoms with van der Waals surface area (Å²) in [4.78, 5) is 17.8. The molecule has 0 aliphatic heterocycles. The molecule has 0 amide bonds. The van der Waals surface area contributed by atoms with Gasteiger partial charge in [-0.05, 0) is 73.1 Å². The minimum absolute atomic E-state index is 0.0547. The van der Waals surface area contributed by atoms with Crippen LogP contribution in [0, 0.1) is 5.92 Å². The fourth-order valence-corrected chi connectivity index (χ4v) is 6.65. The number of aromatic hydroxyl groups is 1. The van der Waals surface area contributed by atoms with E-state index in [4.69, 9.17) is 4.42 Å². The monoisotopic (exact) mass is 580 g/mol. The first-order valence-electron chi connectivity index (χ1n) is 14.2. The highest BCUT2D eigenvalue weighted by molar-refractivity contribution is 7.92. The van der Waals surface area contributed by atoms with Gasteiger partial charge in [0.15, 0.2) is 5.03 Å². The van der Waals surface area contributed by atoms with Crippen molar-refractivity contribution in [1.29, 1.82) is 0 Å². The Kier molecular flexibility index (Phi) is 7.56. The van der Waals surface area contributed by atoms with Crippen LogP contribution in [0.2, 0.25) is 0 Å². The molecule has 214 valence electrons. The first-order chi connectivity index (χ1) is 20.3. The van der Waals surface area contributed by atoms with E-state index in [1.54, 1.807) is 36.4 Å². The molecule has 0 radical (unpaired) electrons. The van der Waals surface area contributed by atoms with Gasteiger partial charge in [-0.3, -0.25) is 4.72 Å². The van der Waals surface area contributed by atoms with Crippen molar-refractivity contribution in [1.82, 2.24) is 4.98 Å². The Balaban J connectivity index is 1.30. The number of nitrogens with zero attached hydrogens (tertiary/aromatic N) is 1. The van der Waals surface area contributed by atoms with Crippen molar-refractivity contribution < 1.29 is 17.9 Å². The van der Waals surface area contributed by atoms with Crippen LogP contribution in [0.3, 0.4) is 0 Å². The molecule has 1 aliphatic rings. The maximum Gasteiger partial charge on any atom is 0.343 e. The maximum atomic E-state index is 13.4. The maximum absolute atomic E-state index is 13.4. The number of rotatable bonds is 10. The van der Waals surface area contributed by atoms with Gasteiger partial charge in [-0.1, -0.05) is 67.6 Å². The molecule has 42 heavy (non-hydrogen) atoms. The number of pyridine rings is 1. The van der Waals surface area contributed by atoms with E-state index < -0.39 is 21.6 Å². The average molecular weight is 581 g/mol. The molecular formula is C34H32N2O5S. The zero-order valence-corrected chi connectivity index (χ0v) is 24.1. The first-order valence-corrected chi connectivity index (χ1v) is 15.7. The Labute approximate surface area is 244 Å². The topological polar surface area (TPSA) is 110 Å². The Morgan fingerprint density at radius 2 is 1.71 bits per heavy atom. The van der Waals surface area contributed by atoms with E-state index in [9.17, 15) is 18.3 Å². The fraction of sp³-hybridized carbons (Fsp3) is 0.235. The van der Waals surface area contributed by atoms with Crippen LogP contribution in [-0.2, 0) is 16.4 Å². The van der Waals surface area contributed by atoms with Crippen molar-refractivity contribution in [3.05, 3.63) is 130 Å². The molecule has 5 aromatic rings. The molecule has 2 aromatic heterocycles. The molecule has 2 heterocycles. The van der Waals surface area contributed by atoms with Crippen molar-refractivity contribution in [3.63, 3.8) is 0 Å². The van der Waals surface area contributed by atoms with Gasteiger partial charge in [0.1, 0.15) is 11.5 Å². The van der Waals surface area contributed by atoms with E-state index in [1.165, 1.54) is 6.07 Å². The molecule has 1 saturated carbocycles. The summed E-state index contributed by atoms with van der Waals surface area (Å²) in [5.41, 5.74) is 2.46. The summed E-state index contributed by atoms with van der Waals surface area (Å²) in [6.07, 6.45) is 3.23. The normalized spacial score (nSPS) is 14.9. The van der Waals surface area contributed by atoms with Gasteiger partial charge in [0.05, 0.1) is 11.1 Å². The number of sulfonamides is 1. The number of para-hydroxylation sites is 1. The molecule has 2 unspecified atom stereocenters. The molecule has 0 spiro atoms. The van der Waals surface area contributed by atoms with E-state index in [1.807, 2.05) is 61.5 Å². The van der Waals surface area contributed by atoms with Crippen LogP contribution in [0.15, 0.2) is 111 Å². The molecule has 7 nitrogen and oxygen atoms in total. The van der Waals surface area contributed by atoms with Gasteiger partial charge in [0, 0.05) is 29.0 Å². The lowest BCUT2D eigenvalue weighted by atomic mass is 9.86. The SMILES string of the molecule is CCC(Cc1ccccc1)c1cc(O)c(C(c2cccc(NS(=O)(=O)c3ccc4ccccc4n3)c2)C2CC2)c(=O)o1. The van der Waals surface area contributed by atoms with Crippen LogP contribution in [-0.4, -0.2) is 18.5 Å². The summed E-state index contributed by atoms with van der Waals surface area (Å²) in [7, 11) is -3.97. The van der Waals surface area contributed by atoms with E-state index in [-0.39, 0.29) is 28.2 Å². The van der Waals surface area contributed by atoms with E-state index in [0.717, 1.165) is 35.8 Å². The molecule has 2 atom stereocenters. The van der Waals surface area contributed by atoms with Crippen molar-refractivity contribution in [2.75, 3.05) is 4.72 Å². The molecule has 2 N–H and O–H groups in total. The van der Waals surface area contributed by atoms with Crippen LogP contribution in [0.5, 0.6) is 5.75 Å². The molecule has 3 aromatic carbocycles. The van der Waals surface area contributed by atoms with Gasteiger partial charge < -0.3 is 9.52 Å². The molecule has 1 fully saturated rings. The zero-order chi connectivity index (χ0) is 29.3. The van der Waals surface area contributed by atoms with Gasteiger partial charge in [0.25, 0.3) is 10.0 Å². The molecule has 0 bridgehead atoms. The van der Waals surface area contributed by atoms with E-state index in [0.29, 0.717) is 23.4 Å². The van der Waals surface area contributed by atoms with Gasteiger partial charge in [-0.15, -0.1) is 0 Å². The van der Waals surface area contributed by atoms with Crippen LogP contribution in [0.4, 0.5) is 5.69 Å². The summed E-state index contributed by atoms with van der Waals surface area (Å²) in [6.45, 7) is 2.03. The van der Waals surface area contributed by atoms with Crippen molar-refractivity contribution in [2.24, 2.45) is 5.92 Å². The Morgan fingerprint density at radius 1 is 0.952 bits per heavy atom. The van der Waals surface area contributed by atoms with Crippen LogP contribution >= 0.6 is 0 Å². The molecule has 6 rings (SSSR count). The number of aromatic nitrogens is 1. The second kappa shape index (κ2) is 11.4. The predicted molar refractivity (Wildman–Crippen MR) is 163 cm³/mol. The number of hydrogen-bond acceptors (Lipinski definition) is 6. The largest absolute Gasteiger partial charge is 0.507 e. The summed E-state index contributed by atoms with van der Waals surface area (Å²) in [6, 6.07) is 29.1. The van der Waals surface area contributed by atoms with Gasteiger partial charge in [0.2, 0.25) is 0 Å². The molecule has 0 saturated heterocycles. The molecule has 1 aliphatic carbocycles. The van der Waals surface area contributed by atoms with Crippen LogP contribution < -0.4 is 10.3 Å². The minimum atomic E-state index is -3.97. The Hall–Kier alpha value is -4.43. The number of anilines is 1. The second-order valence-electron chi connectivity index (χ2n) is 10.9. The second-order valence-corrected chi connectivity index (χ2v) is 12.5. The third-order valence-electron chi connectivity index (χ3n) is 7.96.